The van der Waals surface area contributed by atoms with Crippen molar-refractivity contribution < 1.29 is 14.3 Å². The van der Waals surface area contributed by atoms with Crippen LogP contribution >= 0.6 is 27.7 Å². The zero-order chi connectivity index (χ0) is 13.8. The molecule has 1 N–H and O–H groups in total. The first kappa shape index (κ1) is 14.3. The lowest BCUT2D eigenvalue weighted by atomic mass is 10.3. The number of halogens is 2. The molecule has 2 aromatic rings. The third-order valence-corrected chi connectivity index (χ3v) is 3.97. The van der Waals surface area contributed by atoms with Crippen LogP contribution in [0.1, 0.15) is 6.42 Å². The van der Waals surface area contributed by atoms with Crippen LogP contribution in [0.25, 0.3) is 11.0 Å². The highest BCUT2D eigenvalue weighted by Crippen LogP contribution is 2.26. The van der Waals surface area contributed by atoms with E-state index < -0.39 is 12.6 Å². The number of aryl methyl sites for hydroxylation is 1. The summed E-state index contributed by atoms with van der Waals surface area (Å²) in [6.07, 6.45) is 0.391. The highest BCUT2D eigenvalue weighted by atomic mass is 79.9. The summed E-state index contributed by atoms with van der Waals surface area (Å²) >= 11 is 4.52. The number of hydrogen-bond acceptors (Lipinski definition) is 3. The molecule has 0 aliphatic carbocycles. The SMILES string of the molecule is O=C(O)CSc1nc2cc(Br)ccc2n1CCCF. The van der Waals surface area contributed by atoms with Crippen molar-refractivity contribution in [1.82, 2.24) is 9.55 Å². The van der Waals surface area contributed by atoms with Crippen molar-refractivity contribution in [3.8, 4) is 0 Å². The molecule has 2 rings (SSSR count). The molecular weight excluding hydrogens is 335 g/mol. The van der Waals surface area contributed by atoms with Crippen molar-refractivity contribution in [3.05, 3.63) is 22.7 Å². The van der Waals surface area contributed by atoms with Crippen LogP contribution in [0.3, 0.4) is 0 Å². The predicted octanol–water partition coefficient (Wildman–Crippen LogP) is 3.34. The van der Waals surface area contributed by atoms with Crippen LogP contribution in [0.15, 0.2) is 27.8 Å². The maximum atomic E-state index is 12.4. The van der Waals surface area contributed by atoms with Gasteiger partial charge in [-0.05, 0) is 24.6 Å². The van der Waals surface area contributed by atoms with Crippen molar-refractivity contribution in [1.29, 1.82) is 0 Å². The maximum absolute atomic E-state index is 12.4. The minimum Gasteiger partial charge on any atom is -0.481 e. The number of alkyl halides is 1. The summed E-state index contributed by atoms with van der Waals surface area (Å²) < 4.78 is 15.1. The fourth-order valence-corrected chi connectivity index (χ4v) is 2.86. The lowest BCUT2D eigenvalue weighted by molar-refractivity contribution is -0.133. The van der Waals surface area contributed by atoms with Gasteiger partial charge in [0.15, 0.2) is 5.16 Å². The molecule has 102 valence electrons. The lowest BCUT2D eigenvalue weighted by Crippen LogP contribution is -2.04. The normalized spacial score (nSPS) is 11.1. The third-order valence-electron chi connectivity index (χ3n) is 2.52. The monoisotopic (exact) mass is 346 g/mol. The largest absolute Gasteiger partial charge is 0.481 e. The number of nitrogens with zero attached hydrogens (tertiary/aromatic N) is 2. The van der Waals surface area contributed by atoms with Gasteiger partial charge in [0, 0.05) is 11.0 Å². The Morgan fingerprint density at radius 2 is 2.32 bits per heavy atom. The molecule has 0 amide bonds. The molecular formula is C12H12BrFN2O2S. The van der Waals surface area contributed by atoms with Gasteiger partial charge in [0.05, 0.1) is 23.5 Å². The Balaban J connectivity index is 2.38. The topological polar surface area (TPSA) is 55.1 Å². The summed E-state index contributed by atoms with van der Waals surface area (Å²) in [6.45, 7) is 0.0931. The third kappa shape index (κ3) is 3.48. The summed E-state index contributed by atoms with van der Waals surface area (Å²) in [5.41, 5.74) is 1.67. The van der Waals surface area contributed by atoms with E-state index in [1.165, 1.54) is 0 Å². The maximum Gasteiger partial charge on any atom is 0.313 e. The van der Waals surface area contributed by atoms with Crippen molar-refractivity contribution in [2.45, 2.75) is 18.1 Å². The number of thioether (sulfide) groups is 1. The van der Waals surface area contributed by atoms with Gasteiger partial charge in [0.1, 0.15) is 0 Å². The van der Waals surface area contributed by atoms with Crippen LogP contribution in [0.5, 0.6) is 0 Å². The molecule has 0 bridgehead atoms. The predicted molar refractivity (Wildman–Crippen MR) is 76.4 cm³/mol. The summed E-state index contributed by atoms with van der Waals surface area (Å²) in [5, 5.41) is 9.35. The van der Waals surface area contributed by atoms with E-state index in [0.29, 0.717) is 18.1 Å². The highest BCUT2D eigenvalue weighted by Gasteiger charge is 2.12. The molecule has 4 nitrogen and oxygen atoms in total. The molecule has 0 aliphatic rings. The number of aliphatic carboxylic acids is 1. The number of rotatable bonds is 6. The standard InChI is InChI=1S/C12H12BrFN2O2S/c13-8-2-3-10-9(6-8)15-12(19-7-11(17)18)16(10)5-1-4-14/h2-3,6H,1,4-5,7H2,(H,17,18). The zero-order valence-corrected chi connectivity index (χ0v) is 12.4. The lowest BCUT2D eigenvalue weighted by Gasteiger charge is -2.06. The molecule has 7 heteroatoms. The first-order valence-electron chi connectivity index (χ1n) is 5.68. The van der Waals surface area contributed by atoms with Crippen LogP contribution in [0.4, 0.5) is 4.39 Å². The molecule has 1 aromatic heterocycles. The quantitative estimate of drug-likeness (QED) is 0.815. The fourth-order valence-electron chi connectivity index (χ4n) is 1.75. The minimum absolute atomic E-state index is 0.0554. The molecule has 1 heterocycles. The summed E-state index contributed by atoms with van der Waals surface area (Å²) in [5.74, 6) is -0.949. The second-order valence-electron chi connectivity index (χ2n) is 3.90. The van der Waals surface area contributed by atoms with Gasteiger partial charge in [0.2, 0.25) is 0 Å². The van der Waals surface area contributed by atoms with E-state index in [2.05, 4.69) is 20.9 Å². The summed E-state index contributed by atoms with van der Waals surface area (Å²) in [4.78, 5) is 15.1. The first-order chi connectivity index (χ1) is 9.11. The average molecular weight is 347 g/mol. The van der Waals surface area contributed by atoms with Gasteiger partial charge in [-0.3, -0.25) is 9.18 Å². The number of carboxylic acid groups (broad SMARTS) is 1. The first-order valence-corrected chi connectivity index (χ1v) is 7.46. The van der Waals surface area contributed by atoms with Gasteiger partial charge < -0.3 is 9.67 Å². The van der Waals surface area contributed by atoms with Gasteiger partial charge in [-0.1, -0.05) is 27.7 Å². The van der Waals surface area contributed by atoms with Crippen molar-refractivity contribution >= 4 is 44.7 Å². The smallest absolute Gasteiger partial charge is 0.313 e. The van der Waals surface area contributed by atoms with Gasteiger partial charge in [-0.25, -0.2) is 4.98 Å². The second-order valence-corrected chi connectivity index (χ2v) is 5.76. The minimum atomic E-state index is -0.893. The molecule has 0 radical (unpaired) electrons. The van der Waals surface area contributed by atoms with Crippen molar-refractivity contribution in [2.75, 3.05) is 12.4 Å². The molecule has 0 spiro atoms. The Labute approximate surface area is 122 Å². The molecule has 19 heavy (non-hydrogen) atoms. The summed E-state index contributed by atoms with van der Waals surface area (Å²) in [7, 11) is 0. The fraction of sp³-hybridized carbons (Fsp3) is 0.333. The Morgan fingerprint density at radius 3 is 3.00 bits per heavy atom. The van der Waals surface area contributed by atoms with E-state index in [0.717, 1.165) is 27.3 Å². The van der Waals surface area contributed by atoms with Crippen LogP contribution in [-0.2, 0) is 11.3 Å². The number of carbonyl (C=O) groups is 1. The number of hydrogen-bond donors (Lipinski definition) is 1. The highest BCUT2D eigenvalue weighted by molar-refractivity contribution is 9.10. The van der Waals surface area contributed by atoms with E-state index >= 15 is 0 Å². The average Bonchev–Trinajstić information content (AvgIpc) is 2.70. The van der Waals surface area contributed by atoms with Crippen LogP contribution in [0.2, 0.25) is 0 Å². The van der Waals surface area contributed by atoms with Crippen LogP contribution in [-0.4, -0.2) is 33.1 Å². The number of aromatic nitrogens is 2. The van der Waals surface area contributed by atoms with Gasteiger partial charge in [-0.2, -0.15) is 0 Å². The molecule has 0 fully saturated rings. The number of imidazole rings is 1. The Bertz CT molecular complexity index is 603. The number of carboxylic acids is 1. The van der Waals surface area contributed by atoms with Gasteiger partial charge in [0.25, 0.3) is 0 Å². The van der Waals surface area contributed by atoms with Crippen molar-refractivity contribution in [3.63, 3.8) is 0 Å². The Morgan fingerprint density at radius 1 is 1.53 bits per heavy atom. The van der Waals surface area contributed by atoms with E-state index in [9.17, 15) is 9.18 Å². The Hall–Kier alpha value is -1.08. The van der Waals surface area contributed by atoms with E-state index in [1.54, 1.807) is 0 Å². The van der Waals surface area contributed by atoms with E-state index in [-0.39, 0.29) is 5.75 Å². The van der Waals surface area contributed by atoms with Gasteiger partial charge >= 0.3 is 5.97 Å². The van der Waals surface area contributed by atoms with Crippen molar-refractivity contribution in [2.24, 2.45) is 0 Å². The van der Waals surface area contributed by atoms with Crippen LogP contribution < -0.4 is 0 Å². The van der Waals surface area contributed by atoms with E-state index in [1.807, 2.05) is 22.8 Å². The molecule has 1 aromatic carbocycles. The molecule has 0 saturated heterocycles. The summed E-state index contributed by atoms with van der Waals surface area (Å²) in [6, 6.07) is 5.66. The number of benzene rings is 1. The second kappa shape index (κ2) is 6.38. The van der Waals surface area contributed by atoms with Crippen LogP contribution in [0, 0.1) is 0 Å². The van der Waals surface area contributed by atoms with E-state index in [4.69, 9.17) is 5.11 Å². The number of fused-ring (bicyclic) bond motifs is 1. The zero-order valence-electron chi connectivity index (χ0n) is 9.97. The Kier molecular flexibility index (Phi) is 4.81. The van der Waals surface area contributed by atoms with Gasteiger partial charge in [-0.15, -0.1) is 0 Å². The molecule has 0 unspecified atom stereocenters. The molecule has 0 atom stereocenters. The molecule has 0 saturated carbocycles. The molecule has 0 aliphatic heterocycles.